The average Bonchev–Trinajstić information content (AvgIpc) is 3.10. The summed E-state index contributed by atoms with van der Waals surface area (Å²) in [7, 11) is 0. The number of fused-ring (bicyclic) bond motifs is 1. The topological polar surface area (TPSA) is 84.1 Å². The van der Waals surface area contributed by atoms with E-state index in [1.165, 1.54) is 17.8 Å². The van der Waals surface area contributed by atoms with Gasteiger partial charge in [-0.2, -0.15) is 0 Å². The van der Waals surface area contributed by atoms with E-state index in [0.29, 0.717) is 13.1 Å². The highest BCUT2D eigenvalue weighted by Crippen LogP contribution is 2.25. The number of benzene rings is 1. The van der Waals surface area contributed by atoms with Crippen LogP contribution in [0.25, 0.3) is 0 Å². The van der Waals surface area contributed by atoms with Crippen LogP contribution >= 0.6 is 0 Å². The van der Waals surface area contributed by atoms with Gasteiger partial charge in [0.2, 0.25) is 0 Å². The van der Waals surface area contributed by atoms with Gasteiger partial charge >= 0.3 is 0 Å². The maximum Gasteiger partial charge on any atom is 0.276 e. The van der Waals surface area contributed by atoms with Crippen LogP contribution in [-0.2, 0) is 19.4 Å². The quantitative estimate of drug-likeness (QED) is 0.769. The second kappa shape index (κ2) is 7.19. The van der Waals surface area contributed by atoms with Crippen molar-refractivity contribution >= 4 is 5.91 Å². The molecule has 0 saturated carbocycles. The number of aryl methyl sites for hydroxylation is 2. The molecule has 1 N–H and O–H groups in total. The number of carbonyl (C=O) groups excluding carboxylic acids is 1. The molecule has 7 heteroatoms. The molecular formula is C20H21N5O2. The molecule has 1 amide bonds. The van der Waals surface area contributed by atoms with Gasteiger partial charge in [-0.1, -0.05) is 30.3 Å². The molecule has 138 valence electrons. The fourth-order valence-electron chi connectivity index (χ4n) is 3.55. The Morgan fingerprint density at radius 3 is 2.74 bits per heavy atom. The first-order valence-electron chi connectivity index (χ1n) is 9.03. The highest BCUT2D eigenvalue weighted by molar-refractivity contribution is 5.94. The smallest absolute Gasteiger partial charge is 0.276 e. The van der Waals surface area contributed by atoms with E-state index < -0.39 is 0 Å². The van der Waals surface area contributed by atoms with E-state index in [0.717, 1.165) is 24.5 Å². The average molecular weight is 363 g/mol. The first-order valence-corrected chi connectivity index (χ1v) is 9.03. The molecule has 1 atom stereocenters. The first kappa shape index (κ1) is 17.2. The molecule has 27 heavy (non-hydrogen) atoms. The van der Waals surface area contributed by atoms with Gasteiger partial charge in [0, 0.05) is 19.2 Å². The normalized spacial score (nSPS) is 16.2. The van der Waals surface area contributed by atoms with Gasteiger partial charge in [-0.05, 0) is 31.0 Å². The third kappa shape index (κ3) is 3.40. The Morgan fingerprint density at radius 2 is 1.96 bits per heavy atom. The third-order valence-electron chi connectivity index (χ3n) is 4.85. The van der Waals surface area contributed by atoms with E-state index in [1.807, 2.05) is 18.2 Å². The highest BCUT2D eigenvalue weighted by atomic mass is 16.3. The van der Waals surface area contributed by atoms with Crippen LogP contribution in [0, 0.1) is 0 Å². The molecule has 1 aliphatic heterocycles. The Hall–Kier alpha value is -3.22. The molecule has 0 fully saturated rings. The largest absolute Gasteiger partial charge is 0.505 e. The minimum absolute atomic E-state index is 0.0596. The Morgan fingerprint density at radius 1 is 1.15 bits per heavy atom. The number of carbonyl (C=O) groups is 1. The SMILES string of the molecule is C[C@H]1CN(C(=O)c2ncccc2O)Cc2nnc(CCc3ccccc3)n21. The lowest BCUT2D eigenvalue weighted by Crippen LogP contribution is -2.41. The Kier molecular flexibility index (Phi) is 4.58. The molecule has 1 aliphatic rings. The first-order chi connectivity index (χ1) is 13.1. The Balaban J connectivity index is 1.51. The summed E-state index contributed by atoms with van der Waals surface area (Å²) in [6, 6.07) is 13.4. The highest BCUT2D eigenvalue weighted by Gasteiger charge is 2.30. The fourth-order valence-corrected chi connectivity index (χ4v) is 3.55. The van der Waals surface area contributed by atoms with Gasteiger partial charge in [0.1, 0.15) is 11.6 Å². The van der Waals surface area contributed by atoms with Crippen molar-refractivity contribution < 1.29 is 9.90 Å². The number of hydrogen-bond acceptors (Lipinski definition) is 5. The zero-order valence-electron chi connectivity index (χ0n) is 15.1. The lowest BCUT2D eigenvalue weighted by molar-refractivity contribution is 0.0670. The van der Waals surface area contributed by atoms with Crippen LogP contribution in [0.2, 0.25) is 0 Å². The lowest BCUT2D eigenvalue weighted by Gasteiger charge is -2.32. The summed E-state index contributed by atoms with van der Waals surface area (Å²) in [5.74, 6) is 1.31. The number of amides is 1. The van der Waals surface area contributed by atoms with Crippen LogP contribution in [0.15, 0.2) is 48.7 Å². The maximum absolute atomic E-state index is 12.7. The van der Waals surface area contributed by atoms with Crippen molar-refractivity contribution in [3.05, 3.63) is 71.6 Å². The number of aromatic nitrogens is 4. The number of hydrogen-bond donors (Lipinski definition) is 1. The molecule has 4 rings (SSSR count). The second-order valence-electron chi connectivity index (χ2n) is 6.79. The summed E-state index contributed by atoms with van der Waals surface area (Å²) in [6.45, 7) is 2.94. The van der Waals surface area contributed by atoms with Crippen molar-refractivity contribution in [2.75, 3.05) is 6.54 Å². The standard InChI is InChI=1S/C20H21N5O2/c1-14-12-24(20(27)19-16(26)8-5-11-21-19)13-18-23-22-17(25(14)18)10-9-15-6-3-2-4-7-15/h2-8,11,14,26H,9-10,12-13H2,1H3/t14-/m0/s1. The van der Waals surface area contributed by atoms with Gasteiger partial charge in [-0.15, -0.1) is 10.2 Å². The molecule has 0 spiro atoms. The van der Waals surface area contributed by atoms with Crippen molar-refractivity contribution in [1.82, 2.24) is 24.6 Å². The van der Waals surface area contributed by atoms with Gasteiger partial charge in [0.15, 0.2) is 11.5 Å². The number of pyridine rings is 1. The second-order valence-corrected chi connectivity index (χ2v) is 6.79. The Bertz CT molecular complexity index is 954. The summed E-state index contributed by atoms with van der Waals surface area (Å²) in [5.41, 5.74) is 1.34. The molecule has 3 heterocycles. The van der Waals surface area contributed by atoms with Gasteiger partial charge in [0.05, 0.1) is 12.6 Å². The van der Waals surface area contributed by atoms with Gasteiger partial charge in [-0.3, -0.25) is 4.79 Å². The molecule has 0 unspecified atom stereocenters. The molecule has 0 saturated heterocycles. The fraction of sp³-hybridized carbons (Fsp3) is 0.300. The zero-order chi connectivity index (χ0) is 18.8. The van der Waals surface area contributed by atoms with Crippen molar-refractivity contribution in [2.45, 2.75) is 32.4 Å². The molecule has 2 aromatic heterocycles. The molecule has 0 bridgehead atoms. The summed E-state index contributed by atoms with van der Waals surface area (Å²) in [5, 5.41) is 18.6. The summed E-state index contributed by atoms with van der Waals surface area (Å²) in [4.78, 5) is 18.4. The van der Waals surface area contributed by atoms with Gasteiger partial charge in [-0.25, -0.2) is 4.98 Å². The van der Waals surface area contributed by atoms with Crippen LogP contribution in [0.3, 0.4) is 0 Å². The van der Waals surface area contributed by atoms with E-state index in [9.17, 15) is 9.90 Å². The van der Waals surface area contributed by atoms with E-state index in [4.69, 9.17) is 0 Å². The molecule has 0 radical (unpaired) electrons. The van der Waals surface area contributed by atoms with E-state index in [-0.39, 0.29) is 23.4 Å². The van der Waals surface area contributed by atoms with Crippen molar-refractivity contribution in [3.63, 3.8) is 0 Å². The van der Waals surface area contributed by atoms with Crippen LogP contribution in [0.4, 0.5) is 0 Å². The molecular weight excluding hydrogens is 342 g/mol. The zero-order valence-corrected chi connectivity index (χ0v) is 15.1. The molecule has 1 aromatic carbocycles. The van der Waals surface area contributed by atoms with Crippen molar-refractivity contribution in [1.29, 1.82) is 0 Å². The van der Waals surface area contributed by atoms with Crippen LogP contribution in [-0.4, -0.2) is 42.2 Å². The van der Waals surface area contributed by atoms with Crippen molar-refractivity contribution in [2.24, 2.45) is 0 Å². The maximum atomic E-state index is 12.7. The predicted molar refractivity (Wildman–Crippen MR) is 99.2 cm³/mol. The minimum Gasteiger partial charge on any atom is -0.505 e. The van der Waals surface area contributed by atoms with Crippen LogP contribution in [0.5, 0.6) is 5.75 Å². The van der Waals surface area contributed by atoms with Crippen LogP contribution < -0.4 is 0 Å². The summed E-state index contributed by atoms with van der Waals surface area (Å²) in [6.07, 6.45) is 3.21. The number of nitrogens with zero attached hydrogens (tertiary/aromatic N) is 5. The van der Waals surface area contributed by atoms with Gasteiger partial charge in [0.25, 0.3) is 5.91 Å². The Labute approximate surface area is 157 Å². The van der Waals surface area contributed by atoms with E-state index in [2.05, 4.69) is 38.8 Å². The summed E-state index contributed by atoms with van der Waals surface area (Å²) < 4.78 is 2.13. The number of aromatic hydroxyl groups is 1. The van der Waals surface area contributed by atoms with Crippen molar-refractivity contribution in [3.8, 4) is 5.75 Å². The molecule has 7 nitrogen and oxygen atoms in total. The minimum atomic E-state index is -0.292. The van der Waals surface area contributed by atoms with Crippen LogP contribution in [0.1, 0.15) is 40.7 Å². The van der Waals surface area contributed by atoms with E-state index >= 15 is 0 Å². The molecule has 3 aromatic rings. The monoisotopic (exact) mass is 363 g/mol. The van der Waals surface area contributed by atoms with Gasteiger partial charge < -0.3 is 14.6 Å². The molecule has 0 aliphatic carbocycles. The lowest BCUT2D eigenvalue weighted by atomic mass is 10.1. The van der Waals surface area contributed by atoms with E-state index in [1.54, 1.807) is 11.0 Å². The predicted octanol–water partition coefficient (Wildman–Crippen LogP) is 2.38. The summed E-state index contributed by atoms with van der Waals surface area (Å²) >= 11 is 0. The number of rotatable bonds is 4. The third-order valence-corrected chi connectivity index (χ3v) is 4.85.